The number of carbonyl (C=O) groups excluding carboxylic acids is 2. The van der Waals surface area contributed by atoms with Gasteiger partial charge < -0.3 is 20.4 Å². The Kier molecular flexibility index (Phi) is 6.80. The minimum absolute atomic E-state index is 0.0273. The molecule has 0 spiro atoms. The molecule has 2 amide bonds. The van der Waals surface area contributed by atoms with Crippen molar-refractivity contribution in [2.75, 3.05) is 13.1 Å². The molecule has 1 aromatic carbocycles. The number of likely N-dealkylation sites (tertiary alicyclic amines) is 1. The Balaban J connectivity index is 1.58. The van der Waals surface area contributed by atoms with E-state index in [0.29, 0.717) is 43.8 Å². The maximum atomic E-state index is 12.9. The molecule has 1 aromatic rings. The molecule has 6 nitrogen and oxygen atoms in total. The topological polar surface area (TPSA) is 89.9 Å². The number of amides is 2. The summed E-state index contributed by atoms with van der Waals surface area (Å²) in [6.07, 6.45) is 2.11. The number of rotatable bonds is 5. The van der Waals surface area contributed by atoms with Crippen LogP contribution >= 0.6 is 11.6 Å². The number of aliphatic hydroxyl groups is 2. The van der Waals surface area contributed by atoms with Gasteiger partial charge in [-0.3, -0.25) is 9.59 Å². The van der Waals surface area contributed by atoms with Crippen molar-refractivity contribution < 1.29 is 19.8 Å². The molecule has 0 aromatic heterocycles. The Labute approximate surface area is 183 Å². The van der Waals surface area contributed by atoms with Crippen molar-refractivity contribution in [3.05, 3.63) is 34.9 Å². The molecule has 4 atom stereocenters. The Morgan fingerprint density at radius 3 is 2.50 bits per heavy atom. The van der Waals surface area contributed by atoms with Crippen LogP contribution in [0.4, 0.5) is 0 Å². The number of carbonyl (C=O) groups is 2. The van der Waals surface area contributed by atoms with Gasteiger partial charge in [0.15, 0.2) is 0 Å². The molecule has 2 fully saturated rings. The summed E-state index contributed by atoms with van der Waals surface area (Å²) in [4.78, 5) is 27.0. The molecule has 1 heterocycles. The second-order valence-electron chi connectivity index (χ2n) is 9.59. The van der Waals surface area contributed by atoms with Gasteiger partial charge in [0.2, 0.25) is 11.8 Å². The minimum Gasteiger partial charge on any atom is -0.393 e. The lowest BCUT2D eigenvalue weighted by Crippen LogP contribution is -2.57. The Hall–Kier alpha value is -1.63. The summed E-state index contributed by atoms with van der Waals surface area (Å²) in [5, 5.41) is 24.6. The predicted molar refractivity (Wildman–Crippen MR) is 116 cm³/mol. The first kappa shape index (κ1) is 23.0. The third-order valence-corrected chi connectivity index (χ3v) is 7.02. The first-order chi connectivity index (χ1) is 14.0. The number of hydrogen-bond acceptors (Lipinski definition) is 4. The summed E-state index contributed by atoms with van der Waals surface area (Å²) in [6, 6.07) is 6.97. The second-order valence-corrected chi connectivity index (χ2v) is 10.0. The highest BCUT2D eigenvalue weighted by Gasteiger charge is 2.49. The quantitative estimate of drug-likeness (QED) is 0.662. The third-order valence-electron chi connectivity index (χ3n) is 6.77. The highest BCUT2D eigenvalue weighted by molar-refractivity contribution is 6.30. The molecule has 0 bridgehead atoms. The van der Waals surface area contributed by atoms with Crippen LogP contribution in [0.15, 0.2) is 24.3 Å². The van der Waals surface area contributed by atoms with Crippen LogP contribution in [0.25, 0.3) is 0 Å². The van der Waals surface area contributed by atoms with Gasteiger partial charge in [0.1, 0.15) is 0 Å². The van der Waals surface area contributed by atoms with Gasteiger partial charge in [0.05, 0.1) is 11.7 Å². The second kappa shape index (κ2) is 8.85. The molecule has 3 rings (SSSR count). The van der Waals surface area contributed by atoms with Gasteiger partial charge in [-0.1, -0.05) is 37.6 Å². The van der Waals surface area contributed by atoms with Crippen molar-refractivity contribution in [2.24, 2.45) is 11.3 Å². The van der Waals surface area contributed by atoms with E-state index in [1.54, 1.807) is 17.0 Å². The molecule has 30 heavy (non-hydrogen) atoms. The summed E-state index contributed by atoms with van der Waals surface area (Å²) in [5.41, 5.74) is -0.776. The lowest BCUT2D eigenvalue weighted by atomic mass is 9.66. The number of piperidine rings is 1. The molecule has 7 heteroatoms. The fraction of sp³-hybridized carbons (Fsp3) is 0.652. The average Bonchev–Trinajstić information content (AvgIpc) is 3.10. The first-order valence-corrected chi connectivity index (χ1v) is 11.1. The lowest BCUT2D eigenvalue weighted by molar-refractivity contribution is -0.153. The SMILES string of the molecule is C[C@@H](CC(=O)N1CC[C@](O)(c2ccc(Cl)cc2)C(C)(C)C1)NC(=O)[C@@H]1CC[C@@H](O)C1. The van der Waals surface area contributed by atoms with E-state index in [4.69, 9.17) is 11.6 Å². The van der Waals surface area contributed by atoms with Crippen LogP contribution in [0.1, 0.15) is 58.4 Å². The van der Waals surface area contributed by atoms with E-state index >= 15 is 0 Å². The largest absolute Gasteiger partial charge is 0.393 e. The summed E-state index contributed by atoms with van der Waals surface area (Å²) < 4.78 is 0. The van der Waals surface area contributed by atoms with Crippen LogP contribution in [-0.4, -0.2) is 52.2 Å². The zero-order valence-corrected chi connectivity index (χ0v) is 18.8. The molecule has 2 aliphatic rings. The summed E-state index contributed by atoms with van der Waals surface area (Å²) in [6.45, 7) is 6.66. The van der Waals surface area contributed by atoms with E-state index in [-0.39, 0.29) is 30.2 Å². The number of aliphatic hydroxyl groups excluding tert-OH is 1. The van der Waals surface area contributed by atoms with Crippen LogP contribution in [0.3, 0.4) is 0 Å². The van der Waals surface area contributed by atoms with Gasteiger partial charge in [-0.15, -0.1) is 0 Å². The van der Waals surface area contributed by atoms with Gasteiger partial charge in [-0.05, 0) is 50.3 Å². The third kappa shape index (κ3) is 4.82. The molecule has 1 aliphatic heterocycles. The molecule has 0 unspecified atom stereocenters. The van der Waals surface area contributed by atoms with Crippen molar-refractivity contribution in [3.63, 3.8) is 0 Å². The normalized spacial score (nSPS) is 29.5. The molecule has 3 N–H and O–H groups in total. The van der Waals surface area contributed by atoms with Crippen molar-refractivity contribution >= 4 is 23.4 Å². The van der Waals surface area contributed by atoms with Crippen LogP contribution in [0.5, 0.6) is 0 Å². The van der Waals surface area contributed by atoms with Gasteiger partial charge >= 0.3 is 0 Å². The van der Waals surface area contributed by atoms with E-state index < -0.39 is 17.1 Å². The lowest BCUT2D eigenvalue weighted by Gasteiger charge is -2.50. The summed E-state index contributed by atoms with van der Waals surface area (Å²) in [7, 11) is 0. The molecule has 166 valence electrons. The molecule has 1 aliphatic carbocycles. The van der Waals surface area contributed by atoms with Crippen molar-refractivity contribution in [1.82, 2.24) is 10.2 Å². The first-order valence-electron chi connectivity index (χ1n) is 10.8. The van der Waals surface area contributed by atoms with E-state index in [1.807, 2.05) is 32.9 Å². The molecular formula is C23H33ClN2O4. The molecule has 0 radical (unpaired) electrons. The summed E-state index contributed by atoms with van der Waals surface area (Å²) >= 11 is 5.99. The zero-order valence-electron chi connectivity index (χ0n) is 18.0. The fourth-order valence-electron chi connectivity index (χ4n) is 4.79. The number of benzene rings is 1. The van der Waals surface area contributed by atoms with Crippen LogP contribution in [-0.2, 0) is 15.2 Å². The number of halogens is 1. The van der Waals surface area contributed by atoms with Gasteiger partial charge in [0, 0.05) is 41.9 Å². The average molecular weight is 437 g/mol. The van der Waals surface area contributed by atoms with Crippen molar-refractivity contribution in [3.8, 4) is 0 Å². The van der Waals surface area contributed by atoms with E-state index in [9.17, 15) is 19.8 Å². The van der Waals surface area contributed by atoms with E-state index in [2.05, 4.69) is 5.32 Å². The van der Waals surface area contributed by atoms with E-state index in [1.165, 1.54) is 0 Å². The monoisotopic (exact) mass is 436 g/mol. The van der Waals surface area contributed by atoms with Gasteiger partial charge in [-0.2, -0.15) is 0 Å². The highest BCUT2D eigenvalue weighted by Crippen LogP contribution is 2.46. The highest BCUT2D eigenvalue weighted by atomic mass is 35.5. The Bertz CT molecular complexity index is 782. The number of nitrogens with zero attached hydrogens (tertiary/aromatic N) is 1. The van der Waals surface area contributed by atoms with Crippen molar-refractivity contribution in [1.29, 1.82) is 0 Å². The van der Waals surface area contributed by atoms with E-state index in [0.717, 1.165) is 5.56 Å². The van der Waals surface area contributed by atoms with Crippen LogP contribution in [0, 0.1) is 11.3 Å². The Morgan fingerprint density at radius 2 is 1.93 bits per heavy atom. The molecule has 1 saturated carbocycles. The summed E-state index contributed by atoms with van der Waals surface area (Å²) in [5.74, 6) is -0.274. The standard InChI is InChI=1S/C23H33ClN2O4/c1-15(25-21(29)16-4-9-19(27)13-16)12-20(28)26-11-10-23(30,22(2,3)14-26)17-5-7-18(24)8-6-17/h5-8,15-16,19,27,30H,4,9-14H2,1-3H3,(H,25,29)/t15-,16+,19+,23-/m0/s1. The van der Waals surface area contributed by atoms with Crippen LogP contribution < -0.4 is 5.32 Å². The zero-order chi connectivity index (χ0) is 22.1. The molecule has 1 saturated heterocycles. The maximum absolute atomic E-state index is 12.9. The number of nitrogens with one attached hydrogen (secondary N) is 1. The maximum Gasteiger partial charge on any atom is 0.224 e. The van der Waals surface area contributed by atoms with Crippen LogP contribution in [0.2, 0.25) is 5.02 Å². The Morgan fingerprint density at radius 1 is 1.27 bits per heavy atom. The van der Waals surface area contributed by atoms with Gasteiger partial charge in [-0.25, -0.2) is 0 Å². The fourth-order valence-corrected chi connectivity index (χ4v) is 4.92. The molecular weight excluding hydrogens is 404 g/mol. The minimum atomic E-state index is -1.04. The number of hydrogen-bond donors (Lipinski definition) is 3. The van der Waals surface area contributed by atoms with Crippen molar-refractivity contribution in [2.45, 2.75) is 70.6 Å². The smallest absolute Gasteiger partial charge is 0.224 e. The predicted octanol–water partition coefficient (Wildman–Crippen LogP) is 2.84. The van der Waals surface area contributed by atoms with Gasteiger partial charge in [0.25, 0.3) is 0 Å².